The quantitative estimate of drug-likeness (QED) is 0.814. The van der Waals surface area contributed by atoms with Gasteiger partial charge in [0.25, 0.3) is 0 Å². The number of aromatic nitrogens is 1. The lowest BCUT2D eigenvalue weighted by atomic mass is 10.2. The van der Waals surface area contributed by atoms with Crippen molar-refractivity contribution < 1.29 is 17.9 Å². The highest BCUT2D eigenvalue weighted by Gasteiger charge is 2.39. The van der Waals surface area contributed by atoms with Crippen molar-refractivity contribution in [2.45, 2.75) is 42.4 Å². The molecule has 1 fully saturated rings. The molecular weight excluding hydrogens is 348 g/mol. The average Bonchev–Trinajstić information content (AvgIpc) is 3.13. The van der Waals surface area contributed by atoms with E-state index in [0.29, 0.717) is 18.5 Å². The van der Waals surface area contributed by atoms with Crippen molar-refractivity contribution in [1.29, 1.82) is 0 Å². The van der Waals surface area contributed by atoms with Crippen LogP contribution in [-0.4, -0.2) is 48.3 Å². The number of para-hydroxylation sites is 1. The maximum Gasteiger partial charge on any atom is 0.410 e. The number of hydrogen-bond donors (Lipinski definition) is 0. The summed E-state index contributed by atoms with van der Waals surface area (Å²) in [5.41, 5.74) is 0.0872. The number of sulfone groups is 1. The van der Waals surface area contributed by atoms with E-state index >= 15 is 0 Å². The number of carbonyl (C=O) groups excluding carboxylic acids is 1. The molecule has 1 aromatic carbocycles. The Morgan fingerprint density at radius 1 is 1.33 bits per heavy atom. The maximum atomic E-state index is 12.8. The smallest absolute Gasteiger partial charge is 0.410 e. The monoisotopic (exact) mass is 368 g/mol. The first-order valence-electron chi connectivity index (χ1n) is 7.74. The molecule has 2 aromatic rings. The van der Waals surface area contributed by atoms with Crippen LogP contribution < -0.4 is 0 Å². The number of rotatable bonds is 2. The number of hydrogen-bond acceptors (Lipinski definition) is 6. The van der Waals surface area contributed by atoms with E-state index in [2.05, 4.69) is 4.98 Å². The Morgan fingerprint density at radius 3 is 2.71 bits per heavy atom. The van der Waals surface area contributed by atoms with Crippen LogP contribution in [0.5, 0.6) is 0 Å². The summed E-state index contributed by atoms with van der Waals surface area (Å²) in [6, 6.07) is 7.34. The van der Waals surface area contributed by atoms with Gasteiger partial charge >= 0.3 is 6.09 Å². The van der Waals surface area contributed by atoms with Crippen molar-refractivity contribution in [3.63, 3.8) is 0 Å². The van der Waals surface area contributed by atoms with Gasteiger partial charge in [-0.05, 0) is 39.3 Å². The van der Waals surface area contributed by atoms with Crippen LogP contribution in [0.2, 0.25) is 0 Å². The molecule has 1 aliphatic heterocycles. The second kappa shape index (κ2) is 6.00. The van der Waals surface area contributed by atoms with Crippen molar-refractivity contribution in [2.24, 2.45) is 0 Å². The summed E-state index contributed by atoms with van der Waals surface area (Å²) in [7, 11) is -3.55. The Labute approximate surface area is 145 Å². The number of thiazole rings is 1. The van der Waals surface area contributed by atoms with Crippen molar-refractivity contribution in [3.05, 3.63) is 24.3 Å². The minimum Gasteiger partial charge on any atom is -0.444 e. The van der Waals surface area contributed by atoms with Gasteiger partial charge < -0.3 is 9.64 Å². The highest BCUT2D eigenvalue weighted by Crippen LogP contribution is 2.31. The van der Waals surface area contributed by atoms with E-state index in [1.807, 2.05) is 18.2 Å². The molecule has 0 saturated carbocycles. The van der Waals surface area contributed by atoms with Crippen LogP contribution >= 0.6 is 11.3 Å². The third-order valence-electron chi connectivity index (χ3n) is 3.75. The zero-order chi connectivity index (χ0) is 17.5. The van der Waals surface area contributed by atoms with E-state index in [-0.39, 0.29) is 10.9 Å². The van der Waals surface area contributed by atoms with Crippen LogP contribution in [0.1, 0.15) is 27.2 Å². The van der Waals surface area contributed by atoms with Gasteiger partial charge in [-0.2, -0.15) is 0 Å². The molecule has 0 radical (unpaired) electrons. The molecule has 1 saturated heterocycles. The Kier molecular flexibility index (Phi) is 4.29. The molecule has 3 rings (SSSR count). The van der Waals surface area contributed by atoms with Crippen LogP contribution in [0.4, 0.5) is 4.79 Å². The molecule has 0 bridgehead atoms. The first kappa shape index (κ1) is 17.2. The number of likely N-dealkylation sites (tertiary alicyclic amines) is 1. The van der Waals surface area contributed by atoms with Crippen molar-refractivity contribution in [2.75, 3.05) is 13.1 Å². The lowest BCUT2D eigenvalue weighted by Crippen LogP contribution is -2.36. The minimum absolute atomic E-state index is 0.125. The first-order chi connectivity index (χ1) is 11.2. The summed E-state index contributed by atoms with van der Waals surface area (Å²) in [4.78, 5) is 17.8. The third-order valence-corrected chi connectivity index (χ3v) is 7.37. The highest BCUT2D eigenvalue weighted by atomic mass is 32.2. The summed E-state index contributed by atoms with van der Waals surface area (Å²) in [5.74, 6) is 0. The fraction of sp³-hybridized carbons (Fsp3) is 0.500. The predicted molar refractivity (Wildman–Crippen MR) is 93.0 cm³/mol. The van der Waals surface area contributed by atoms with Gasteiger partial charge in [0.05, 0.1) is 15.5 Å². The standard InChI is InChI=1S/C16H20N2O4S2/c1-16(2,3)22-15(19)18-9-8-11(10-18)24(20,21)14-17-12-6-4-5-7-13(12)23-14/h4-7,11H,8-10H2,1-3H3/t11-/m0/s1. The predicted octanol–water partition coefficient (Wildman–Crippen LogP) is 3.08. The summed E-state index contributed by atoms with van der Waals surface area (Å²) in [6.07, 6.45) is -0.0678. The van der Waals surface area contributed by atoms with Gasteiger partial charge in [0.2, 0.25) is 14.2 Å². The van der Waals surface area contributed by atoms with Crippen molar-refractivity contribution in [1.82, 2.24) is 9.88 Å². The molecule has 0 aliphatic carbocycles. The molecule has 130 valence electrons. The minimum atomic E-state index is -3.55. The molecule has 1 atom stereocenters. The first-order valence-corrected chi connectivity index (χ1v) is 10.1. The highest BCUT2D eigenvalue weighted by molar-refractivity contribution is 7.94. The molecule has 24 heavy (non-hydrogen) atoms. The van der Waals surface area contributed by atoms with Crippen LogP contribution in [-0.2, 0) is 14.6 Å². The molecule has 8 heteroatoms. The summed E-state index contributed by atoms with van der Waals surface area (Å²) in [5, 5.41) is -0.634. The fourth-order valence-corrected chi connectivity index (χ4v) is 5.73. The summed E-state index contributed by atoms with van der Waals surface area (Å²) >= 11 is 1.18. The van der Waals surface area contributed by atoms with Gasteiger partial charge in [0.1, 0.15) is 5.60 Å². The van der Waals surface area contributed by atoms with E-state index in [1.54, 1.807) is 26.8 Å². The Morgan fingerprint density at radius 2 is 2.04 bits per heavy atom. The Hall–Kier alpha value is -1.67. The number of ether oxygens (including phenoxy) is 1. The SMILES string of the molecule is CC(C)(C)OC(=O)N1CC[C@H](S(=O)(=O)c2nc3ccccc3s2)C1. The van der Waals surface area contributed by atoms with E-state index in [4.69, 9.17) is 4.74 Å². The number of amides is 1. The number of benzene rings is 1. The van der Waals surface area contributed by atoms with Gasteiger partial charge in [-0.15, -0.1) is 11.3 Å². The average molecular weight is 368 g/mol. The van der Waals surface area contributed by atoms with E-state index in [9.17, 15) is 13.2 Å². The molecule has 6 nitrogen and oxygen atoms in total. The van der Waals surface area contributed by atoms with Gasteiger partial charge in [0, 0.05) is 13.1 Å². The number of nitrogens with zero attached hydrogens (tertiary/aromatic N) is 2. The zero-order valence-corrected chi connectivity index (χ0v) is 15.5. The number of carbonyl (C=O) groups is 1. The maximum absolute atomic E-state index is 12.8. The molecule has 1 aromatic heterocycles. The molecule has 1 aliphatic rings. The van der Waals surface area contributed by atoms with Crippen molar-refractivity contribution in [3.8, 4) is 0 Å². The molecule has 1 amide bonds. The molecule has 0 N–H and O–H groups in total. The fourth-order valence-electron chi connectivity index (χ4n) is 2.59. The summed E-state index contributed by atoms with van der Waals surface area (Å²) in [6.45, 7) is 5.89. The van der Waals surface area contributed by atoms with E-state index < -0.39 is 26.8 Å². The molecule has 0 unspecified atom stereocenters. The largest absolute Gasteiger partial charge is 0.444 e. The lowest BCUT2D eigenvalue weighted by Gasteiger charge is -2.24. The molecular formula is C16H20N2O4S2. The topological polar surface area (TPSA) is 76.6 Å². The second-order valence-corrected chi connectivity index (χ2v) is 10.3. The van der Waals surface area contributed by atoms with Gasteiger partial charge in [-0.1, -0.05) is 12.1 Å². The van der Waals surface area contributed by atoms with Gasteiger partial charge in [0.15, 0.2) is 0 Å². The van der Waals surface area contributed by atoms with Crippen LogP contribution in [0.25, 0.3) is 10.2 Å². The number of fused-ring (bicyclic) bond motifs is 1. The van der Waals surface area contributed by atoms with Crippen LogP contribution in [0.15, 0.2) is 28.6 Å². The van der Waals surface area contributed by atoms with Gasteiger partial charge in [-0.25, -0.2) is 18.2 Å². The molecule has 2 heterocycles. The summed E-state index contributed by atoms with van der Waals surface area (Å²) < 4.78 is 31.9. The van der Waals surface area contributed by atoms with E-state index in [0.717, 1.165) is 4.70 Å². The van der Waals surface area contributed by atoms with Crippen molar-refractivity contribution >= 4 is 37.5 Å². The normalized spacial score (nSPS) is 19.0. The Balaban J connectivity index is 1.78. The van der Waals surface area contributed by atoms with Crippen LogP contribution in [0.3, 0.4) is 0 Å². The Bertz CT molecular complexity index is 835. The second-order valence-electron chi connectivity index (χ2n) is 6.83. The van der Waals surface area contributed by atoms with E-state index in [1.165, 1.54) is 16.2 Å². The van der Waals surface area contributed by atoms with Crippen LogP contribution in [0, 0.1) is 0 Å². The molecule has 0 spiro atoms. The lowest BCUT2D eigenvalue weighted by molar-refractivity contribution is 0.0295. The van der Waals surface area contributed by atoms with Gasteiger partial charge in [-0.3, -0.25) is 0 Å². The zero-order valence-electron chi connectivity index (χ0n) is 13.9. The third kappa shape index (κ3) is 3.39.